The first-order valence-corrected chi connectivity index (χ1v) is 11.1. The number of ether oxygens (including phenoxy) is 1. The second-order valence-corrected chi connectivity index (χ2v) is 8.76. The van der Waals surface area contributed by atoms with Crippen molar-refractivity contribution in [2.75, 3.05) is 27.2 Å². The minimum absolute atomic E-state index is 0.366. The molecule has 0 N–H and O–H groups in total. The van der Waals surface area contributed by atoms with Crippen LogP contribution in [-0.4, -0.2) is 46.7 Å². The highest BCUT2D eigenvalue weighted by Crippen LogP contribution is 2.21. The van der Waals surface area contributed by atoms with Gasteiger partial charge >= 0.3 is 5.76 Å². The normalized spacial score (nSPS) is 11.4. The molecule has 2 aromatic heterocycles. The van der Waals surface area contributed by atoms with Gasteiger partial charge in [-0.05, 0) is 72.9 Å². The van der Waals surface area contributed by atoms with E-state index in [0.717, 1.165) is 33.2 Å². The van der Waals surface area contributed by atoms with E-state index < -0.39 is 0 Å². The molecule has 4 rings (SSSR count). The molecule has 4 aromatic rings. The van der Waals surface area contributed by atoms with Crippen molar-refractivity contribution in [2.24, 2.45) is 0 Å². The second kappa shape index (κ2) is 9.61. The summed E-state index contributed by atoms with van der Waals surface area (Å²) in [6.07, 6.45) is 4.33. The fraction of sp³-hybridized carbons (Fsp3) is 0.261. The summed E-state index contributed by atoms with van der Waals surface area (Å²) in [5.74, 6) is 0.903. The van der Waals surface area contributed by atoms with Crippen LogP contribution in [0.2, 0.25) is 0 Å². The van der Waals surface area contributed by atoms with E-state index in [1.165, 1.54) is 0 Å². The average molecular weight is 530 g/mol. The fourth-order valence-corrected chi connectivity index (χ4v) is 3.75. The summed E-state index contributed by atoms with van der Waals surface area (Å²) in [5, 5.41) is 0. The summed E-state index contributed by atoms with van der Waals surface area (Å²) < 4.78 is 13.8. The van der Waals surface area contributed by atoms with Gasteiger partial charge in [0.05, 0.1) is 31.1 Å². The number of benzene rings is 2. The Kier molecular flexibility index (Phi) is 6.67. The van der Waals surface area contributed by atoms with Crippen molar-refractivity contribution in [3.05, 3.63) is 74.5 Å². The van der Waals surface area contributed by atoms with Gasteiger partial charge in [0.1, 0.15) is 0 Å². The third-order valence-electron chi connectivity index (χ3n) is 4.80. The maximum absolute atomic E-state index is 12.3. The SMILES string of the molecule is CN(C)CCCOc1cnc(-c2cccc(Cn3c(=O)oc4cc(I)ccc43)c2)nc1. The second-order valence-electron chi connectivity index (χ2n) is 7.51. The number of nitrogens with zero attached hydrogens (tertiary/aromatic N) is 4. The Labute approximate surface area is 193 Å². The van der Waals surface area contributed by atoms with E-state index in [4.69, 9.17) is 9.15 Å². The van der Waals surface area contributed by atoms with Gasteiger partial charge in [0.2, 0.25) is 0 Å². The standard InChI is InChI=1S/C23H23IN4O3/c1-27(2)9-4-10-30-19-13-25-22(26-14-19)17-6-3-5-16(11-17)15-28-20-8-7-18(24)12-21(20)31-23(28)29/h3,5-8,11-14H,4,9-10,15H2,1-2H3. The molecule has 0 aliphatic carbocycles. The topological polar surface area (TPSA) is 73.4 Å². The van der Waals surface area contributed by atoms with Gasteiger partial charge in [0, 0.05) is 15.7 Å². The van der Waals surface area contributed by atoms with Crippen LogP contribution in [0, 0.1) is 3.57 Å². The van der Waals surface area contributed by atoms with E-state index >= 15 is 0 Å². The third-order valence-corrected chi connectivity index (χ3v) is 5.47. The Morgan fingerprint density at radius 1 is 1.13 bits per heavy atom. The summed E-state index contributed by atoms with van der Waals surface area (Å²) in [4.78, 5) is 23.4. The molecule has 0 amide bonds. The lowest BCUT2D eigenvalue weighted by Crippen LogP contribution is -2.15. The molecule has 0 unspecified atom stereocenters. The van der Waals surface area contributed by atoms with Gasteiger partial charge < -0.3 is 14.1 Å². The molecule has 0 radical (unpaired) electrons. The molecular formula is C23H23IN4O3. The predicted octanol–water partition coefficient (Wildman–Crippen LogP) is 4.03. The summed E-state index contributed by atoms with van der Waals surface area (Å²) in [5.41, 5.74) is 3.22. The number of hydrogen-bond acceptors (Lipinski definition) is 6. The Hall–Kier alpha value is -2.72. The predicted molar refractivity (Wildman–Crippen MR) is 128 cm³/mol. The zero-order valence-corrected chi connectivity index (χ0v) is 19.6. The number of rotatable bonds is 8. The lowest BCUT2D eigenvalue weighted by molar-refractivity contribution is 0.280. The quantitative estimate of drug-likeness (QED) is 0.253. The minimum Gasteiger partial charge on any atom is -0.490 e. The average Bonchev–Trinajstić information content (AvgIpc) is 3.06. The molecule has 0 saturated heterocycles. The Morgan fingerprint density at radius 2 is 1.94 bits per heavy atom. The Morgan fingerprint density at radius 3 is 2.71 bits per heavy atom. The molecule has 2 aromatic carbocycles. The van der Waals surface area contributed by atoms with Crippen LogP contribution in [0.1, 0.15) is 12.0 Å². The van der Waals surface area contributed by atoms with Gasteiger partial charge in [0.25, 0.3) is 0 Å². The van der Waals surface area contributed by atoms with E-state index in [1.54, 1.807) is 17.0 Å². The van der Waals surface area contributed by atoms with E-state index in [-0.39, 0.29) is 5.76 Å². The van der Waals surface area contributed by atoms with E-state index in [0.29, 0.717) is 30.3 Å². The molecule has 0 atom stereocenters. The maximum atomic E-state index is 12.3. The van der Waals surface area contributed by atoms with Crippen molar-refractivity contribution in [1.82, 2.24) is 19.4 Å². The van der Waals surface area contributed by atoms with Crippen LogP contribution in [0.15, 0.2) is 64.1 Å². The fourth-order valence-electron chi connectivity index (χ4n) is 3.29. The first-order valence-electron chi connectivity index (χ1n) is 9.97. The summed E-state index contributed by atoms with van der Waals surface area (Å²) in [6, 6.07) is 13.6. The first kappa shape index (κ1) is 21.5. The monoisotopic (exact) mass is 530 g/mol. The molecule has 0 aliphatic heterocycles. The van der Waals surface area contributed by atoms with E-state index in [1.807, 2.05) is 56.6 Å². The first-order chi connectivity index (χ1) is 15.0. The van der Waals surface area contributed by atoms with Crippen molar-refractivity contribution in [2.45, 2.75) is 13.0 Å². The molecule has 8 heteroatoms. The smallest absolute Gasteiger partial charge is 0.420 e. The molecule has 0 bridgehead atoms. The van der Waals surface area contributed by atoms with Gasteiger partial charge in [0.15, 0.2) is 17.2 Å². The highest BCUT2D eigenvalue weighted by atomic mass is 127. The van der Waals surface area contributed by atoms with Crippen LogP contribution in [0.5, 0.6) is 5.75 Å². The highest BCUT2D eigenvalue weighted by Gasteiger charge is 2.11. The molecule has 2 heterocycles. The number of oxazole rings is 1. The summed E-state index contributed by atoms with van der Waals surface area (Å²) >= 11 is 2.20. The van der Waals surface area contributed by atoms with Crippen molar-refractivity contribution >= 4 is 33.7 Å². The van der Waals surface area contributed by atoms with Crippen LogP contribution < -0.4 is 10.5 Å². The largest absolute Gasteiger partial charge is 0.490 e. The lowest BCUT2D eigenvalue weighted by atomic mass is 10.1. The van der Waals surface area contributed by atoms with Gasteiger partial charge in [-0.2, -0.15) is 0 Å². The molecule has 160 valence electrons. The molecule has 0 saturated carbocycles. The molecular weight excluding hydrogens is 507 g/mol. The minimum atomic E-state index is -0.366. The van der Waals surface area contributed by atoms with Gasteiger partial charge in [-0.1, -0.05) is 18.2 Å². The van der Waals surface area contributed by atoms with Crippen molar-refractivity contribution < 1.29 is 9.15 Å². The van der Waals surface area contributed by atoms with E-state index in [9.17, 15) is 4.79 Å². The zero-order valence-electron chi connectivity index (χ0n) is 17.4. The Bertz CT molecular complexity index is 1230. The molecule has 0 aliphatic rings. The van der Waals surface area contributed by atoms with Crippen molar-refractivity contribution in [3.8, 4) is 17.1 Å². The van der Waals surface area contributed by atoms with Crippen LogP contribution in [0.25, 0.3) is 22.5 Å². The zero-order chi connectivity index (χ0) is 21.8. The maximum Gasteiger partial charge on any atom is 0.420 e. The van der Waals surface area contributed by atoms with Gasteiger partial charge in [-0.3, -0.25) is 4.57 Å². The molecule has 0 spiro atoms. The van der Waals surface area contributed by atoms with Gasteiger partial charge in [-0.15, -0.1) is 0 Å². The molecule has 0 fully saturated rings. The van der Waals surface area contributed by atoms with Crippen molar-refractivity contribution in [3.63, 3.8) is 0 Å². The van der Waals surface area contributed by atoms with E-state index in [2.05, 4.69) is 37.5 Å². The van der Waals surface area contributed by atoms with Crippen LogP contribution in [0.4, 0.5) is 0 Å². The number of fused-ring (bicyclic) bond motifs is 1. The van der Waals surface area contributed by atoms with Gasteiger partial charge in [-0.25, -0.2) is 14.8 Å². The van der Waals surface area contributed by atoms with Crippen LogP contribution in [0.3, 0.4) is 0 Å². The number of hydrogen-bond donors (Lipinski definition) is 0. The highest BCUT2D eigenvalue weighted by molar-refractivity contribution is 14.1. The number of halogens is 1. The summed E-state index contributed by atoms with van der Waals surface area (Å²) in [7, 11) is 4.08. The van der Waals surface area contributed by atoms with Crippen LogP contribution in [-0.2, 0) is 6.54 Å². The number of aromatic nitrogens is 3. The lowest BCUT2D eigenvalue weighted by Gasteiger charge is -2.10. The third kappa shape index (κ3) is 5.31. The molecule has 31 heavy (non-hydrogen) atoms. The van der Waals surface area contributed by atoms with Crippen LogP contribution >= 0.6 is 22.6 Å². The molecule has 7 nitrogen and oxygen atoms in total. The Balaban J connectivity index is 1.49. The van der Waals surface area contributed by atoms with Crippen molar-refractivity contribution in [1.29, 1.82) is 0 Å². The summed E-state index contributed by atoms with van der Waals surface area (Å²) in [6.45, 7) is 2.01.